The molecule has 0 rings (SSSR count). The van der Waals surface area contributed by atoms with Gasteiger partial charge in [0.25, 0.3) is 0 Å². The molecule has 0 radical (unpaired) electrons. The molecule has 0 saturated heterocycles. The lowest BCUT2D eigenvalue weighted by Gasteiger charge is -2.19. The lowest BCUT2D eigenvalue weighted by molar-refractivity contribution is -0.147. The summed E-state index contributed by atoms with van der Waals surface area (Å²) in [7, 11) is -4.26. The minimum atomic E-state index is -4.26. The van der Waals surface area contributed by atoms with Crippen molar-refractivity contribution >= 4 is 13.8 Å². The largest absolute Gasteiger partial charge is 0.492 e. The van der Waals surface area contributed by atoms with Gasteiger partial charge in [-0.2, -0.15) is 0 Å². The summed E-state index contributed by atoms with van der Waals surface area (Å²) in [5.74, 6) is -0.293. The molecule has 0 aliphatic carbocycles. The van der Waals surface area contributed by atoms with Crippen LogP contribution in [0.2, 0.25) is 0 Å². The summed E-state index contributed by atoms with van der Waals surface area (Å²) in [6.07, 6.45) is 37.2. The number of hydrogen-bond donors (Lipinski definition) is 2. The van der Waals surface area contributed by atoms with Crippen LogP contribution in [-0.2, 0) is 27.9 Å². The Balaban J connectivity index is 4.15. The van der Waals surface area contributed by atoms with Crippen LogP contribution in [0.4, 0.5) is 0 Å². The van der Waals surface area contributed by atoms with E-state index in [1.807, 2.05) is 6.08 Å². The molecule has 0 amide bonds. The van der Waals surface area contributed by atoms with Gasteiger partial charge in [0, 0.05) is 13.0 Å². The van der Waals surface area contributed by atoms with Crippen molar-refractivity contribution in [2.45, 2.75) is 180 Å². The van der Waals surface area contributed by atoms with E-state index in [0.29, 0.717) is 6.42 Å². The number of ether oxygens (including phenoxy) is 2. The predicted molar refractivity (Wildman–Crippen MR) is 192 cm³/mol. The number of carbonyl (C=O) groups excluding carboxylic acids is 1. The number of allylic oxidation sites excluding steroid dienone is 3. The Labute approximate surface area is 283 Å². The first kappa shape index (κ1) is 44.8. The Morgan fingerprint density at radius 1 is 0.652 bits per heavy atom. The summed E-state index contributed by atoms with van der Waals surface area (Å²) in [6.45, 7) is 4.19. The predicted octanol–water partition coefficient (Wildman–Crippen LogP) is 10.9. The van der Waals surface area contributed by atoms with E-state index in [-0.39, 0.29) is 32.3 Å². The van der Waals surface area contributed by atoms with E-state index >= 15 is 0 Å². The molecule has 0 aromatic heterocycles. The van der Waals surface area contributed by atoms with Gasteiger partial charge in [0.2, 0.25) is 0 Å². The molecule has 8 nitrogen and oxygen atoms in total. The zero-order chi connectivity index (χ0) is 33.8. The van der Waals surface area contributed by atoms with E-state index < -0.39 is 13.9 Å². The molecule has 0 bridgehead atoms. The number of rotatable bonds is 36. The standard InChI is InChI=1S/C37H72NO7P/c1-3-5-7-9-11-13-15-16-17-18-19-21-23-25-27-29-32-42-36(35-45-46(40,41)44-33-31-38)34-43-37(39)30-28-26-24-22-20-14-12-10-8-6-4-2/h13,15,29,32,36H,3-12,14,16-28,30-31,33-35,38H2,1-2H3,(H,40,41)/b15-13-,32-29-/t36-/m1/s1. The molecule has 272 valence electrons. The van der Waals surface area contributed by atoms with Gasteiger partial charge in [-0.1, -0.05) is 135 Å². The Morgan fingerprint density at radius 2 is 1.11 bits per heavy atom. The van der Waals surface area contributed by atoms with Crippen molar-refractivity contribution in [3.05, 3.63) is 24.5 Å². The molecule has 0 aliphatic heterocycles. The zero-order valence-corrected chi connectivity index (χ0v) is 30.7. The molecule has 0 heterocycles. The molecule has 0 aliphatic rings. The molecular weight excluding hydrogens is 601 g/mol. The first-order valence-electron chi connectivity index (χ1n) is 18.9. The number of phosphoric acid groups is 1. The zero-order valence-electron chi connectivity index (χ0n) is 29.8. The van der Waals surface area contributed by atoms with Gasteiger partial charge in [-0.05, 0) is 51.0 Å². The van der Waals surface area contributed by atoms with Crippen LogP contribution in [0.25, 0.3) is 0 Å². The van der Waals surface area contributed by atoms with Gasteiger partial charge in [0.05, 0.1) is 19.5 Å². The van der Waals surface area contributed by atoms with Crippen LogP contribution in [0.5, 0.6) is 0 Å². The first-order chi connectivity index (χ1) is 22.4. The van der Waals surface area contributed by atoms with Crippen LogP contribution in [0.3, 0.4) is 0 Å². The minimum absolute atomic E-state index is 0.0634. The van der Waals surface area contributed by atoms with Crippen LogP contribution in [0.1, 0.15) is 174 Å². The summed E-state index contributed by atoms with van der Waals surface area (Å²) in [4.78, 5) is 22.1. The highest BCUT2D eigenvalue weighted by atomic mass is 31.2. The van der Waals surface area contributed by atoms with Crippen molar-refractivity contribution in [2.24, 2.45) is 5.73 Å². The quantitative estimate of drug-likeness (QED) is 0.0222. The SMILES string of the molecule is CCCCCC/C=C\CCCCCCCC/C=C\O[C@H](COC(=O)CCCCCCCCCCCCC)COP(=O)(O)OCCN. The van der Waals surface area contributed by atoms with Gasteiger partial charge < -0.3 is 20.1 Å². The van der Waals surface area contributed by atoms with Crippen LogP contribution in [0, 0.1) is 0 Å². The molecule has 2 atom stereocenters. The van der Waals surface area contributed by atoms with Crippen molar-refractivity contribution in [3.63, 3.8) is 0 Å². The lowest BCUT2D eigenvalue weighted by Crippen LogP contribution is -2.25. The van der Waals surface area contributed by atoms with Gasteiger partial charge >= 0.3 is 13.8 Å². The molecular formula is C37H72NO7P. The minimum Gasteiger partial charge on any atom is -0.492 e. The van der Waals surface area contributed by atoms with Crippen molar-refractivity contribution in [3.8, 4) is 0 Å². The third-order valence-corrected chi connectivity index (χ3v) is 8.94. The number of hydrogen-bond acceptors (Lipinski definition) is 7. The van der Waals surface area contributed by atoms with Gasteiger partial charge in [0.1, 0.15) is 6.61 Å². The molecule has 3 N–H and O–H groups in total. The maximum absolute atomic E-state index is 12.3. The van der Waals surface area contributed by atoms with Gasteiger partial charge in [-0.25, -0.2) is 4.57 Å². The van der Waals surface area contributed by atoms with Crippen molar-refractivity contribution in [2.75, 3.05) is 26.4 Å². The first-order valence-corrected chi connectivity index (χ1v) is 20.4. The molecule has 0 spiro atoms. The van der Waals surface area contributed by atoms with Gasteiger partial charge in [0.15, 0.2) is 6.10 Å². The second-order valence-corrected chi connectivity index (χ2v) is 14.0. The Hall–Kier alpha value is -1.18. The summed E-state index contributed by atoms with van der Waals surface area (Å²) in [6, 6.07) is 0. The molecule has 0 fully saturated rings. The molecule has 0 saturated carbocycles. The average Bonchev–Trinajstić information content (AvgIpc) is 3.05. The maximum Gasteiger partial charge on any atom is 0.472 e. The Bertz CT molecular complexity index is 762. The number of esters is 1. The molecule has 9 heteroatoms. The number of phosphoric ester groups is 1. The second kappa shape index (κ2) is 35.1. The molecule has 46 heavy (non-hydrogen) atoms. The van der Waals surface area contributed by atoms with Crippen molar-refractivity contribution in [1.82, 2.24) is 0 Å². The molecule has 1 unspecified atom stereocenters. The van der Waals surface area contributed by atoms with Crippen LogP contribution >= 0.6 is 7.82 Å². The van der Waals surface area contributed by atoms with Gasteiger partial charge in [-0.15, -0.1) is 0 Å². The van der Waals surface area contributed by atoms with E-state index in [4.69, 9.17) is 24.3 Å². The van der Waals surface area contributed by atoms with Crippen LogP contribution in [-0.4, -0.2) is 43.3 Å². The highest BCUT2D eigenvalue weighted by Crippen LogP contribution is 2.43. The number of carbonyl (C=O) groups is 1. The fraction of sp³-hybridized carbons (Fsp3) is 0.865. The van der Waals surface area contributed by atoms with E-state index in [0.717, 1.165) is 32.1 Å². The van der Waals surface area contributed by atoms with Crippen molar-refractivity contribution in [1.29, 1.82) is 0 Å². The normalized spacial score (nSPS) is 13.8. The van der Waals surface area contributed by atoms with Gasteiger partial charge in [-0.3, -0.25) is 13.8 Å². The average molecular weight is 674 g/mol. The summed E-state index contributed by atoms with van der Waals surface area (Å²) >= 11 is 0. The second-order valence-electron chi connectivity index (χ2n) is 12.5. The monoisotopic (exact) mass is 674 g/mol. The fourth-order valence-electron chi connectivity index (χ4n) is 5.09. The highest BCUT2D eigenvalue weighted by Gasteiger charge is 2.24. The molecule has 0 aromatic carbocycles. The highest BCUT2D eigenvalue weighted by molar-refractivity contribution is 7.47. The van der Waals surface area contributed by atoms with Crippen LogP contribution < -0.4 is 5.73 Å². The molecule has 0 aromatic rings. The Morgan fingerprint density at radius 3 is 1.63 bits per heavy atom. The lowest BCUT2D eigenvalue weighted by atomic mass is 10.1. The maximum atomic E-state index is 12.3. The van der Waals surface area contributed by atoms with Crippen LogP contribution in [0.15, 0.2) is 24.5 Å². The topological polar surface area (TPSA) is 117 Å². The summed E-state index contributed by atoms with van der Waals surface area (Å²) in [5.41, 5.74) is 5.34. The third kappa shape index (κ3) is 34.2. The van der Waals surface area contributed by atoms with E-state index in [1.165, 1.54) is 122 Å². The summed E-state index contributed by atoms with van der Waals surface area (Å²) < 4.78 is 33.0. The third-order valence-electron chi connectivity index (χ3n) is 7.96. The van der Waals surface area contributed by atoms with E-state index in [2.05, 4.69) is 26.0 Å². The number of nitrogens with two attached hydrogens (primary N) is 1. The number of unbranched alkanes of at least 4 members (excludes halogenated alkanes) is 21. The van der Waals surface area contributed by atoms with E-state index in [9.17, 15) is 14.3 Å². The Kier molecular flexibility index (Phi) is 34.2. The summed E-state index contributed by atoms with van der Waals surface area (Å²) in [5, 5.41) is 0. The van der Waals surface area contributed by atoms with E-state index in [1.54, 1.807) is 6.26 Å². The van der Waals surface area contributed by atoms with Crippen molar-refractivity contribution < 1.29 is 32.8 Å². The smallest absolute Gasteiger partial charge is 0.472 e. The fourth-order valence-corrected chi connectivity index (χ4v) is 5.86.